The Balaban J connectivity index is 1.74. The monoisotopic (exact) mass is 398 g/mol. The summed E-state index contributed by atoms with van der Waals surface area (Å²) < 4.78 is 29.4. The predicted molar refractivity (Wildman–Crippen MR) is 104 cm³/mol. The Morgan fingerprint density at radius 3 is 2.04 bits per heavy atom. The molecule has 3 aromatic carbocycles. The molecule has 0 aliphatic heterocycles. The fraction of sp³-hybridized carbons (Fsp3) is 0.0952. The van der Waals surface area contributed by atoms with E-state index in [1.165, 1.54) is 18.2 Å². The van der Waals surface area contributed by atoms with Crippen molar-refractivity contribution in [1.82, 2.24) is 0 Å². The van der Waals surface area contributed by atoms with Crippen LogP contribution in [0.15, 0.2) is 71.6 Å². The molecule has 0 spiro atoms. The van der Waals surface area contributed by atoms with E-state index in [4.69, 9.17) is 16.3 Å². The van der Waals surface area contributed by atoms with Gasteiger partial charge in [0.15, 0.2) is 15.9 Å². The van der Waals surface area contributed by atoms with Gasteiger partial charge in [0.25, 0.3) is 0 Å². The maximum Gasteiger partial charge on any atom is 0.340 e. The van der Waals surface area contributed by atoms with Gasteiger partial charge in [0.05, 0.1) is 15.5 Å². The summed E-state index contributed by atoms with van der Waals surface area (Å²) in [5.41, 5.74) is 3.84. The van der Waals surface area contributed by atoms with Crippen LogP contribution in [-0.4, -0.2) is 20.6 Å². The summed E-state index contributed by atoms with van der Waals surface area (Å²) in [6, 6.07) is 19.5. The first-order valence-electron chi connectivity index (χ1n) is 8.25. The lowest BCUT2D eigenvalue weighted by atomic mass is 10.1. The van der Waals surface area contributed by atoms with Crippen LogP contribution in [0.5, 0.6) is 0 Å². The summed E-state index contributed by atoms with van der Waals surface area (Å²) in [6.45, 7) is 0. The average Bonchev–Trinajstić information content (AvgIpc) is 2.95. The number of carbonyl (C=O) groups excluding carboxylic acids is 1. The molecule has 136 valence electrons. The molecule has 0 saturated heterocycles. The van der Waals surface area contributed by atoms with E-state index in [1.54, 1.807) is 0 Å². The van der Waals surface area contributed by atoms with Crippen LogP contribution >= 0.6 is 11.6 Å². The Hall–Kier alpha value is -2.63. The summed E-state index contributed by atoms with van der Waals surface area (Å²) in [6.07, 6.45) is 0.511. The van der Waals surface area contributed by atoms with E-state index in [0.717, 1.165) is 28.5 Å². The molecule has 1 aliphatic carbocycles. The summed E-state index contributed by atoms with van der Waals surface area (Å²) in [4.78, 5) is 12.8. The Morgan fingerprint density at radius 2 is 1.48 bits per heavy atom. The highest BCUT2D eigenvalue weighted by Crippen LogP contribution is 2.45. The number of hydrogen-bond acceptors (Lipinski definition) is 4. The Bertz CT molecular complexity index is 1120. The third-order valence-corrected chi connectivity index (χ3v) is 6.03. The second kappa shape index (κ2) is 6.51. The molecule has 6 heteroatoms. The number of fused-ring (bicyclic) bond motifs is 3. The number of hydrogen-bond donors (Lipinski definition) is 0. The van der Waals surface area contributed by atoms with Gasteiger partial charge >= 0.3 is 5.97 Å². The fourth-order valence-corrected chi connectivity index (χ4v) is 4.14. The van der Waals surface area contributed by atoms with Crippen LogP contribution in [0.2, 0.25) is 5.02 Å². The second-order valence-electron chi connectivity index (χ2n) is 6.37. The van der Waals surface area contributed by atoms with Crippen LogP contribution in [0, 0.1) is 0 Å². The van der Waals surface area contributed by atoms with Crippen molar-refractivity contribution in [3.8, 4) is 11.1 Å². The van der Waals surface area contributed by atoms with Crippen LogP contribution in [-0.2, 0) is 14.6 Å². The number of sulfone groups is 1. The molecular weight excluding hydrogens is 384 g/mol. The van der Waals surface area contributed by atoms with Crippen LogP contribution < -0.4 is 0 Å². The lowest BCUT2D eigenvalue weighted by Crippen LogP contribution is -2.12. The molecule has 0 N–H and O–H groups in total. The molecule has 0 atom stereocenters. The quantitative estimate of drug-likeness (QED) is 0.601. The first-order valence-corrected chi connectivity index (χ1v) is 10.5. The van der Waals surface area contributed by atoms with Gasteiger partial charge in [-0.15, -0.1) is 0 Å². The molecule has 0 saturated carbocycles. The van der Waals surface area contributed by atoms with E-state index >= 15 is 0 Å². The van der Waals surface area contributed by atoms with E-state index < -0.39 is 21.9 Å². The van der Waals surface area contributed by atoms with E-state index in [-0.39, 0.29) is 15.5 Å². The fourth-order valence-electron chi connectivity index (χ4n) is 3.30. The third-order valence-electron chi connectivity index (χ3n) is 4.59. The van der Waals surface area contributed by atoms with Crippen molar-refractivity contribution in [2.75, 3.05) is 6.26 Å². The maximum absolute atomic E-state index is 12.8. The van der Waals surface area contributed by atoms with Gasteiger partial charge in [-0.25, -0.2) is 13.2 Å². The zero-order valence-corrected chi connectivity index (χ0v) is 15.9. The SMILES string of the molecule is CS(=O)(=O)c1ccc(Cl)c(C(=O)OC2c3ccccc3-c3ccccc32)c1. The van der Waals surface area contributed by atoms with Crippen LogP contribution in [0.1, 0.15) is 27.6 Å². The zero-order chi connectivity index (χ0) is 19.2. The third kappa shape index (κ3) is 3.13. The van der Waals surface area contributed by atoms with Crippen molar-refractivity contribution >= 4 is 27.4 Å². The zero-order valence-electron chi connectivity index (χ0n) is 14.3. The molecule has 0 unspecified atom stereocenters. The molecule has 3 aromatic rings. The smallest absolute Gasteiger partial charge is 0.340 e. The Labute approximate surface area is 162 Å². The first kappa shape index (κ1) is 17.8. The van der Waals surface area contributed by atoms with Gasteiger partial charge in [0, 0.05) is 17.4 Å². The minimum atomic E-state index is -3.47. The number of benzene rings is 3. The van der Waals surface area contributed by atoms with Gasteiger partial charge in [-0.2, -0.15) is 0 Å². The van der Waals surface area contributed by atoms with Gasteiger partial charge in [0.1, 0.15) is 0 Å². The highest BCUT2D eigenvalue weighted by molar-refractivity contribution is 7.90. The summed E-state index contributed by atoms with van der Waals surface area (Å²) in [7, 11) is -3.47. The van der Waals surface area contributed by atoms with Gasteiger partial charge < -0.3 is 4.74 Å². The van der Waals surface area contributed by atoms with Crippen molar-refractivity contribution in [2.45, 2.75) is 11.0 Å². The highest BCUT2D eigenvalue weighted by atomic mass is 35.5. The molecule has 0 aromatic heterocycles. The molecule has 0 radical (unpaired) electrons. The predicted octanol–water partition coefficient (Wildman–Crippen LogP) is 4.67. The Morgan fingerprint density at radius 1 is 0.926 bits per heavy atom. The average molecular weight is 399 g/mol. The molecular formula is C21H15ClO4S. The van der Waals surface area contributed by atoms with Crippen LogP contribution in [0.3, 0.4) is 0 Å². The largest absolute Gasteiger partial charge is 0.449 e. The molecule has 0 bridgehead atoms. The highest BCUT2D eigenvalue weighted by Gasteiger charge is 2.32. The summed E-state index contributed by atoms with van der Waals surface area (Å²) >= 11 is 6.13. The first-order chi connectivity index (χ1) is 12.9. The van der Waals surface area contributed by atoms with E-state index in [2.05, 4.69) is 0 Å². The number of esters is 1. The molecule has 4 rings (SSSR count). The minimum Gasteiger partial charge on any atom is -0.449 e. The van der Waals surface area contributed by atoms with Gasteiger partial charge in [0.2, 0.25) is 0 Å². The van der Waals surface area contributed by atoms with Crippen molar-refractivity contribution < 1.29 is 17.9 Å². The van der Waals surface area contributed by atoms with Gasteiger partial charge in [-0.05, 0) is 29.3 Å². The van der Waals surface area contributed by atoms with Gasteiger partial charge in [-0.3, -0.25) is 0 Å². The van der Waals surface area contributed by atoms with E-state index in [0.29, 0.717) is 0 Å². The summed E-state index contributed by atoms with van der Waals surface area (Å²) in [5.74, 6) is -0.665. The number of ether oxygens (including phenoxy) is 1. The number of halogens is 1. The van der Waals surface area contributed by atoms with Crippen LogP contribution in [0.25, 0.3) is 11.1 Å². The van der Waals surface area contributed by atoms with E-state index in [1.807, 2.05) is 48.5 Å². The maximum atomic E-state index is 12.8. The normalized spacial score (nSPS) is 13.1. The van der Waals surface area contributed by atoms with Crippen molar-refractivity contribution in [2.24, 2.45) is 0 Å². The summed E-state index contributed by atoms with van der Waals surface area (Å²) in [5, 5.41) is 0.145. The lowest BCUT2D eigenvalue weighted by molar-refractivity contribution is 0.0385. The van der Waals surface area contributed by atoms with Crippen molar-refractivity contribution in [3.63, 3.8) is 0 Å². The van der Waals surface area contributed by atoms with Gasteiger partial charge in [-0.1, -0.05) is 60.1 Å². The molecule has 1 aliphatic rings. The molecule has 0 heterocycles. The number of carbonyl (C=O) groups is 1. The van der Waals surface area contributed by atoms with Crippen molar-refractivity contribution in [1.29, 1.82) is 0 Å². The second-order valence-corrected chi connectivity index (χ2v) is 8.80. The number of rotatable bonds is 3. The van der Waals surface area contributed by atoms with E-state index in [9.17, 15) is 13.2 Å². The molecule has 0 fully saturated rings. The van der Waals surface area contributed by atoms with Crippen LogP contribution in [0.4, 0.5) is 0 Å². The van der Waals surface area contributed by atoms with Crippen molar-refractivity contribution in [3.05, 3.63) is 88.4 Å². The standard InChI is InChI=1S/C21H15ClO4S/c1-27(24,25)13-10-11-19(22)18(12-13)21(23)26-20-16-8-4-2-6-14(16)15-7-3-5-9-17(15)20/h2-12,20H,1H3. The molecule has 4 nitrogen and oxygen atoms in total. The molecule has 0 amide bonds. The minimum absolute atomic E-state index is 0.0195. The topological polar surface area (TPSA) is 60.4 Å². The Kier molecular flexibility index (Phi) is 4.29. The molecule has 27 heavy (non-hydrogen) atoms. The lowest BCUT2D eigenvalue weighted by Gasteiger charge is -2.16.